The van der Waals surface area contributed by atoms with Gasteiger partial charge in [-0.25, -0.2) is 4.79 Å². The molecule has 0 radical (unpaired) electrons. The molecule has 0 atom stereocenters. The number of urea groups is 1. The molecule has 1 aliphatic heterocycles. The third-order valence-electron chi connectivity index (χ3n) is 5.26. The van der Waals surface area contributed by atoms with E-state index in [1.807, 2.05) is 45.0 Å². The zero-order valence-electron chi connectivity index (χ0n) is 18.2. The lowest BCUT2D eigenvalue weighted by molar-refractivity contribution is -0.134. The second-order valence-corrected chi connectivity index (χ2v) is 7.89. The summed E-state index contributed by atoms with van der Waals surface area (Å²) in [5.74, 6) is 0.623. The van der Waals surface area contributed by atoms with Crippen LogP contribution in [0.2, 0.25) is 0 Å². The lowest BCUT2D eigenvalue weighted by Crippen LogP contribution is -2.47. The topological polar surface area (TPSA) is 87.7 Å². The number of anilines is 1. The van der Waals surface area contributed by atoms with Crippen LogP contribution >= 0.6 is 0 Å². The third kappa shape index (κ3) is 5.23. The van der Waals surface area contributed by atoms with Gasteiger partial charge in [0.05, 0.1) is 0 Å². The van der Waals surface area contributed by atoms with Crippen molar-refractivity contribution in [3.05, 3.63) is 54.1 Å². The summed E-state index contributed by atoms with van der Waals surface area (Å²) < 4.78 is 5.81. The largest absolute Gasteiger partial charge is 0.457 e. The number of nitrogens with zero attached hydrogens (tertiary/aromatic N) is 1. The van der Waals surface area contributed by atoms with Crippen LogP contribution in [0.4, 0.5) is 10.5 Å². The molecule has 1 heterocycles. The van der Waals surface area contributed by atoms with Crippen molar-refractivity contribution in [2.45, 2.75) is 52.0 Å². The van der Waals surface area contributed by atoms with Crippen molar-refractivity contribution in [3.63, 3.8) is 0 Å². The highest BCUT2D eigenvalue weighted by atomic mass is 16.5. The van der Waals surface area contributed by atoms with Gasteiger partial charge in [0.1, 0.15) is 23.6 Å². The van der Waals surface area contributed by atoms with Gasteiger partial charge in [0.25, 0.3) is 5.91 Å². The molecule has 0 aliphatic carbocycles. The molecule has 7 nitrogen and oxygen atoms in total. The van der Waals surface area contributed by atoms with Crippen molar-refractivity contribution in [2.75, 3.05) is 11.9 Å². The molecule has 1 fully saturated rings. The van der Waals surface area contributed by atoms with Gasteiger partial charge in [-0.1, -0.05) is 38.8 Å². The fourth-order valence-electron chi connectivity index (χ4n) is 3.90. The number of rotatable bonds is 9. The second-order valence-electron chi connectivity index (χ2n) is 7.89. The third-order valence-corrected chi connectivity index (χ3v) is 5.26. The lowest BCUT2D eigenvalue weighted by atomic mass is 9.88. The zero-order valence-corrected chi connectivity index (χ0v) is 18.2. The molecule has 0 unspecified atom stereocenters. The molecule has 7 heteroatoms. The Morgan fingerprint density at radius 3 is 2.32 bits per heavy atom. The number of nitrogens with one attached hydrogen (secondary N) is 2. The van der Waals surface area contributed by atoms with Gasteiger partial charge < -0.3 is 15.4 Å². The van der Waals surface area contributed by atoms with Crippen LogP contribution in [0, 0.1) is 6.92 Å². The van der Waals surface area contributed by atoms with Crippen molar-refractivity contribution < 1.29 is 19.1 Å². The predicted octanol–water partition coefficient (Wildman–Crippen LogP) is 4.62. The summed E-state index contributed by atoms with van der Waals surface area (Å²) in [6.07, 6.45) is 2.66. The Kier molecular flexibility index (Phi) is 6.95. The molecule has 31 heavy (non-hydrogen) atoms. The van der Waals surface area contributed by atoms with Crippen LogP contribution in [0.1, 0.15) is 45.1 Å². The van der Waals surface area contributed by atoms with E-state index in [9.17, 15) is 14.4 Å². The number of hydrogen-bond acceptors (Lipinski definition) is 4. The average Bonchev–Trinajstić information content (AvgIpc) is 2.94. The first-order chi connectivity index (χ1) is 14.9. The molecule has 2 aromatic carbocycles. The molecular weight excluding hydrogens is 394 g/mol. The van der Waals surface area contributed by atoms with Crippen molar-refractivity contribution in [3.8, 4) is 11.5 Å². The van der Waals surface area contributed by atoms with E-state index in [1.54, 1.807) is 24.3 Å². The van der Waals surface area contributed by atoms with E-state index < -0.39 is 17.5 Å². The van der Waals surface area contributed by atoms with Crippen LogP contribution < -0.4 is 15.4 Å². The Labute approximate surface area is 182 Å². The van der Waals surface area contributed by atoms with E-state index >= 15 is 0 Å². The number of hydrogen-bond donors (Lipinski definition) is 2. The second kappa shape index (κ2) is 9.64. The van der Waals surface area contributed by atoms with Crippen molar-refractivity contribution in [2.24, 2.45) is 0 Å². The molecular formula is C24H29N3O4. The molecule has 0 aromatic heterocycles. The summed E-state index contributed by atoms with van der Waals surface area (Å²) in [4.78, 5) is 38.8. The highest BCUT2D eigenvalue weighted by Gasteiger charge is 2.50. The molecule has 1 saturated heterocycles. The normalized spacial score (nSPS) is 15.0. The average molecular weight is 424 g/mol. The van der Waals surface area contributed by atoms with Gasteiger partial charge in [-0.3, -0.25) is 14.5 Å². The maximum atomic E-state index is 12.9. The Balaban J connectivity index is 1.60. The zero-order chi connectivity index (χ0) is 22.4. The number of amides is 4. The van der Waals surface area contributed by atoms with E-state index in [4.69, 9.17) is 4.74 Å². The highest BCUT2D eigenvalue weighted by molar-refractivity contribution is 6.10. The van der Waals surface area contributed by atoms with Gasteiger partial charge in [-0.05, 0) is 61.7 Å². The van der Waals surface area contributed by atoms with Crippen molar-refractivity contribution in [1.29, 1.82) is 0 Å². The van der Waals surface area contributed by atoms with E-state index in [2.05, 4.69) is 10.6 Å². The van der Waals surface area contributed by atoms with Gasteiger partial charge in [0, 0.05) is 5.69 Å². The maximum absolute atomic E-state index is 12.9. The van der Waals surface area contributed by atoms with E-state index in [1.165, 1.54) is 0 Å². The number of carbonyl (C=O) groups is 3. The Hall–Kier alpha value is -3.35. The summed E-state index contributed by atoms with van der Waals surface area (Å²) in [5, 5.41) is 5.55. The summed E-state index contributed by atoms with van der Waals surface area (Å²) in [7, 11) is 0. The van der Waals surface area contributed by atoms with Crippen molar-refractivity contribution >= 4 is 23.5 Å². The summed E-state index contributed by atoms with van der Waals surface area (Å²) in [5.41, 5.74) is 0.765. The molecule has 3 rings (SSSR count). The number of imide groups is 1. The van der Waals surface area contributed by atoms with E-state index in [-0.39, 0.29) is 12.5 Å². The molecule has 0 spiro atoms. The molecule has 1 aliphatic rings. The minimum atomic E-state index is -0.893. The predicted molar refractivity (Wildman–Crippen MR) is 119 cm³/mol. The Morgan fingerprint density at radius 1 is 1.03 bits per heavy atom. The van der Waals surface area contributed by atoms with Crippen LogP contribution in [-0.2, 0) is 9.59 Å². The summed E-state index contributed by atoms with van der Waals surface area (Å²) in [6.45, 7) is 5.61. The molecule has 2 N–H and O–H groups in total. The van der Waals surface area contributed by atoms with Gasteiger partial charge >= 0.3 is 6.03 Å². The van der Waals surface area contributed by atoms with Crippen LogP contribution in [0.25, 0.3) is 0 Å². The van der Waals surface area contributed by atoms with Crippen LogP contribution in [0.3, 0.4) is 0 Å². The Morgan fingerprint density at radius 2 is 1.71 bits per heavy atom. The summed E-state index contributed by atoms with van der Waals surface area (Å²) in [6, 6.07) is 14.1. The fourth-order valence-corrected chi connectivity index (χ4v) is 3.90. The standard InChI is InChI=1S/C24H29N3O4/c1-4-13-24(14-5-2)22(29)27(23(30)26-24)16-21(28)25-18-9-11-19(12-10-18)31-20-8-6-7-17(3)15-20/h6-12,15H,4-5,13-14,16H2,1-3H3,(H,25,28)(H,26,30). The maximum Gasteiger partial charge on any atom is 0.325 e. The minimum Gasteiger partial charge on any atom is -0.457 e. The lowest BCUT2D eigenvalue weighted by Gasteiger charge is -2.25. The van der Waals surface area contributed by atoms with Gasteiger partial charge in [0.15, 0.2) is 0 Å². The van der Waals surface area contributed by atoms with Crippen LogP contribution in [0.15, 0.2) is 48.5 Å². The highest BCUT2D eigenvalue weighted by Crippen LogP contribution is 2.28. The SMILES string of the molecule is CCCC1(CCC)NC(=O)N(CC(=O)Nc2ccc(Oc3cccc(C)c3)cc2)C1=O. The number of carbonyl (C=O) groups excluding carboxylic acids is 3. The van der Waals surface area contributed by atoms with E-state index in [0.717, 1.165) is 29.1 Å². The number of ether oxygens (including phenoxy) is 1. The molecule has 164 valence electrons. The summed E-state index contributed by atoms with van der Waals surface area (Å²) >= 11 is 0. The smallest absolute Gasteiger partial charge is 0.325 e. The number of aryl methyl sites for hydroxylation is 1. The van der Waals surface area contributed by atoms with Crippen molar-refractivity contribution in [1.82, 2.24) is 10.2 Å². The van der Waals surface area contributed by atoms with Gasteiger partial charge in [-0.15, -0.1) is 0 Å². The first-order valence-corrected chi connectivity index (χ1v) is 10.7. The van der Waals surface area contributed by atoms with Crippen LogP contribution in [0.5, 0.6) is 11.5 Å². The van der Waals surface area contributed by atoms with Gasteiger partial charge in [-0.2, -0.15) is 0 Å². The fraction of sp³-hybridized carbons (Fsp3) is 0.375. The quantitative estimate of drug-likeness (QED) is 0.576. The number of benzene rings is 2. The monoisotopic (exact) mass is 423 g/mol. The Bertz CT molecular complexity index is 950. The first-order valence-electron chi connectivity index (χ1n) is 10.7. The molecule has 4 amide bonds. The minimum absolute atomic E-state index is 0.318. The molecule has 0 bridgehead atoms. The molecule has 2 aromatic rings. The van der Waals surface area contributed by atoms with Crippen LogP contribution in [-0.4, -0.2) is 34.8 Å². The van der Waals surface area contributed by atoms with Gasteiger partial charge in [0.2, 0.25) is 5.91 Å². The van der Waals surface area contributed by atoms with E-state index in [0.29, 0.717) is 24.3 Å². The first kappa shape index (κ1) is 22.3. The molecule has 0 saturated carbocycles.